The first-order valence-electron chi connectivity index (χ1n) is 7.01. The molecule has 1 nitrogen and oxygen atoms in total. The third-order valence-corrected chi connectivity index (χ3v) is 3.90. The summed E-state index contributed by atoms with van der Waals surface area (Å²) in [5, 5.41) is 0. The van der Waals surface area contributed by atoms with E-state index in [2.05, 4.69) is 13.8 Å². The monoisotopic (exact) mass is 224 g/mol. The number of hydrogen-bond donors (Lipinski definition) is 0. The molecule has 0 radical (unpaired) electrons. The number of carbonyl (C=O) groups excluding carboxylic acids is 1. The Kier molecular flexibility index (Phi) is 5.51. The molecule has 16 heavy (non-hydrogen) atoms. The molecule has 1 rings (SSSR count). The van der Waals surface area contributed by atoms with Crippen molar-refractivity contribution in [2.75, 3.05) is 0 Å². The third-order valence-electron chi connectivity index (χ3n) is 3.90. The second-order valence-corrected chi connectivity index (χ2v) is 6.34. The Balaban J connectivity index is 2.24. The first-order valence-corrected chi connectivity index (χ1v) is 7.01. The van der Waals surface area contributed by atoms with Crippen molar-refractivity contribution in [3.8, 4) is 0 Å². The summed E-state index contributed by atoms with van der Waals surface area (Å²) in [6.07, 6.45) is 7.51. The first kappa shape index (κ1) is 13.7. The van der Waals surface area contributed by atoms with Gasteiger partial charge in [0.15, 0.2) is 0 Å². The highest BCUT2D eigenvalue weighted by Crippen LogP contribution is 2.34. The minimum absolute atomic E-state index is 0.230. The predicted octanol–water partition coefficient (Wildman–Crippen LogP) is 4.45. The normalized spacial score (nSPS) is 26.4. The Morgan fingerprint density at radius 3 is 1.94 bits per heavy atom. The van der Waals surface area contributed by atoms with E-state index in [-0.39, 0.29) is 5.92 Å². The van der Waals surface area contributed by atoms with Gasteiger partial charge in [0.1, 0.15) is 5.78 Å². The van der Waals surface area contributed by atoms with E-state index >= 15 is 0 Å². The summed E-state index contributed by atoms with van der Waals surface area (Å²) in [6.45, 7) is 8.67. The smallest absolute Gasteiger partial charge is 0.135 e. The van der Waals surface area contributed by atoms with Crippen LogP contribution in [-0.2, 0) is 4.79 Å². The maximum absolute atomic E-state index is 11.7. The highest BCUT2D eigenvalue weighted by Gasteiger charge is 2.24. The average molecular weight is 224 g/mol. The molecule has 0 unspecified atom stereocenters. The molecule has 94 valence electrons. The Labute approximate surface area is 101 Å². The summed E-state index contributed by atoms with van der Waals surface area (Å²) in [6, 6.07) is 0. The molecule has 1 aliphatic rings. The molecule has 0 aliphatic heterocycles. The third kappa shape index (κ3) is 4.67. The lowest BCUT2D eigenvalue weighted by Crippen LogP contribution is -2.20. The van der Waals surface area contributed by atoms with Crippen LogP contribution in [0.25, 0.3) is 0 Å². The number of carbonyl (C=O) groups is 1. The van der Waals surface area contributed by atoms with Crippen molar-refractivity contribution in [2.24, 2.45) is 23.7 Å². The predicted molar refractivity (Wildman–Crippen MR) is 69.4 cm³/mol. The molecular formula is C15H28O. The van der Waals surface area contributed by atoms with Crippen molar-refractivity contribution < 1.29 is 4.79 Å². The van der Waals surface area contributed by atoms with Crippen molar-refractivity contribution >= 4 is 5.78 Å². The molecule has 1 saturated carbocycles. The topological polar surface area (TPSA) is 17.1 Å². The highest BCUT2D eigenvalue weighted by atomic mass is 16.1. The van der Waals surface area contributed by atoms with Crippen LogP contribution in [0.4, 0.5) is 0 Å². The molecule has 0 saturated heterocycles. The van der Waals surface area contributed by atoms with Gasteiger partial charge in [-0.05, 0) is 37.0 Å². The minimum Gasteiger partial charge on any atom is -0.299 e. The van der Waals surface area contributed by atoms with Gasteiger partial charge in [0, 0.05) is 12.3 Å². The fourth-order valence-electron chi connectivity index (χ4n) is 2.86. The van der Waals surface area contributed by atoms with Gasteiger partial charge in [-0.25, -0.2) is 0 Å². The van der Waals surface area contributed by atoms with E-state index in [1.807, 2.05) is 13.8 Å². The average Bonchev–Trinajstić information content (AvgIpc) is 2.20. The number of ketones is 1. The molecule has 0 N–H and O–H groups in total. The molecule has 0 aromatic rings. The molecular weight excluding hydrogens is 196 g/mol. The van der Waals surface area contributed by atoms with E-state index in [0.717, 1.165) is 18.3 Å². The lowest BCUT2D eigenvalue weighted by Gasteiger charge is -2.29. The largest absolute Gasteiger partial charge is 0.299 e. The molecule has 0 heterocycles. The summed E-state index contributed by atoms with van der Waals surface area (Å²) < 4.78 is 0. The van der Waals surface area contributed by atoms with Crippen LogP contribution in [-0.4, -0.2) is 5.78 Å². The SMILES string of the molecule is CC(C)C[C@H]1CC[C@H](CC(=O)C(C)C)CC1. The maximum atomic E-state index is 11.7. The Bertz CT molecular complexity index is 209. The van der Waals surface area contributed by atoms with Gasteiger partial charge in [-0.2, -0.15) is 0 Å². The zero-order valence-electron chi connectivity index (χ0n) is 11.5. The maximum Gasteiger partial charge on any atom is 0.135 e. The van der Waals surface area contributed by atoms with Gasteiger partial charge < -0.3 is 0 Å². The molecule has 1 heteroatoms. The number of hydrogen-bond acceptors (Lipinski definition) is 1. The molecule has 0 aromatic carbocycles. The van der Waals surface area contributed by atoms with Crippen LogP contribution in [0.2, 0.25) is 0 Å². The molecule has 0 bridgehead atoms. The summed E-state index contributed by atoms with van der Waals surface area (Å²) in [5.74, 6) is 3.16. The summed E-state index contributed by atoms with van der Waals surface area (Å²) in [7, 11) is 0. The Morgan fingerprint density at radius 1 is 1.00 bits per heavy atom. The van der Waals surface area contributed by atoms with Crippen molar-refractivity contribution in [3.63, 3.8) is 0 Å². The molecule has 1 fully saturated rings. The van der Waals surface area contributed by atoms with E-state index in [1.165, 1.54) is 32.1 Å². The number of rotatable bonds is 5. The van der Waals surface area contributed by atoms with Crippen molar-refractivity contribution in [1.82, 2.24) is 0 Å². The van der Waals surface area contributed by atoms with Crippen LogP contribution >= 0.6 is 0 Å². The van der Waals surface area contributed by atoms with Gasteiger partial charge in [-0.3, -0.25) is 4.79 Å². The van der Waals surface area contributed by atoms with Gasteiger partial charge in [0.05, 0.1) is 0 Å². The summed E-state index contributed by atoms with van der Waals surface area (Å²) >= 11 is 0. The molecule has 0 amide bonds. The second-order valence-electron chi connectivity index (χ2n) is 6.34. The lowest BCUT2D eigenvalue weighted by molar-refractivity contribution is -0.123. The molecule has 0 atom stereocenters. The molecule has 1 aliphatic carbocycles. The van der Waals surface area contributed by atoms with Crippen LogP contribution in [0.5, 0.6) is 0 Å². The van der Waals surface area contributed by atoms with Gasteiger partial charge in [0.25, 0.3) is 0 Å². The van der Waals surface area contributed by atoms with Crippen molar-refractivity contribution in [2.45, 2.75) is 66.2 Å². The van der Waals surface area contributed by atoms with Crippen molar-refractivity contribution in [3.05, 3.63) is 0 Å². The van der Waals surface area contributed by atoms with E-state index < -0.39 is 0 Å². The summed E-state index contributed by atoms with van der Waals surface area (Å²) in [5.41, 5.74) is 0. The van der Waals surface area contributed by atoms with Crippen LogP contribution in [0.15, 0.2) is 0 Å². The zero-order chi connectivity index (χ0) is 12.1. The van der Waals surface area contributed by atoms with E-state index in [0.29, 0.717) is 11.7 Å². The first-order chi connectivity index (χ1) is 7.49. The lowest BCUT2D eigenvalue weighted by atomic mass is 9.76. The van der Waals surface area contributed by atoms with Gasteiger partial charge >= 0.3 is 0 Å². The van der Waals surface area contributed by atoms with E-state index in [9.17, 15) is 4.79 Å². The molecule has 0 aromatic heterocycles. The van der Waals surface area contributed by atoms with Gasteiger partial charge in [0.2, 0.25) is 0 Å². The quantitative estimate of drug-likeness (QED) is 0.674. The fraction of sp³-hybridized carbons (Fsp3) is 0.933. The van der Waals surface area contributed by atoms with E-state index in [1.54, 1.807) is 0 Å². The van der Waals surface area contributed by atoms with Crippen LogP contribution in [0, 0.1) is 23.7 Å². The number of Topliss-reactive ketones (excluding diaryl/α,β-unsaturated/α-hetero) is 1. The van der Waals surface area contributed by atoms with E-state index in [4.69, 9.17) is 0 Å². The van der Waals surface area contributed by atoms with Crippen LogP contribution in [0.1, 0.15) is 66.2 Å². The summed E-state index contributed by atoms with van der Waals surface area (Å²) in [4.78, 5) is 11.7. The minimum atomic E-state index is 0.230. The van der Waals surface area contributed by atoms with Gasteiger partial charge in [-0.1, -0.05) is 40.5 Å². The zero-order valence-corrected chi connectivity index (χ0v) is 11.5. The van der Waals surface area contributed by atoms with Crippen LogP contribution < -0.4 is 0 Å². The Hall–Kier alpha value is -0.330. The van der Waals surface area contributed by atoms with Gasteiger partial charge in [-0.15, -0.1) is 0 Å². The Morgan fingerprint density at radius 2 is 1.50 bits per heavy atom. The second kappa shape index (κ2) is 6.42. The van der Waals surface area contributed by atoms with Crippen LogP contribution in [0.3, 0.4) is 0 Å². The fourth-order valence-corrected chi connectivity index (χ4v) is 2.86. The standard InChI is InChI=1S/C15H28O/c1-11(2)9-13-5-7-14(8-6-13)10-15(16)12(3)4/h11-14H,5-10H2,1-4H3/t13-,14-. The molecule has 0 spiro atoms. The van der Waals surface area contributed by atoms with Crippen molar-refractivity contribution in [1.29, 1.82) is 0 Å². The highest BCUT2D eigenvalue weighted by molar-refractivity contribution is 5.80.